The van der Waals surface area contributed by atoms with Crippen LogP contribution in [-0.4, -0.2) is 29.3 Å². The molecular weight excluding hydrogens is 172 g/mol. The van der Waals surface area contributed by atoms with Gasteiger partial charge in [-0.1, -0.05) is 0 Å². The molecule has 2 unspecified atom stereocenters. The first-order valence-corrected chi connectivity index (χ1v) is 5.80. The van der Waals surface area contributed by atoms with E-state index in [1.54, 1.807) is 6.26 Å². The van der Waals surface area contributed by atoms with E-state index in [-0.39, 0.29) is 5.92 Å². The highest BCUT2D eigenvalue weighted by molar-refractivity contribution is 7.84. The molecule has 70 valence electrons. The van der Waals surface area contributed by atoms with Gasteiger partial charge in [0.25, 0.3) is 0 Å². The maximum atomic E-state index is 10.6. The standard InChI is InChI=1S/C8H16N2OS/c1-8(6-9)7-10-4-3-5-12(2)11/h8,10H,3-5,7H2,1-2H3. The van der Waals surface area contributed by atoms with Crippen LogP contribution in [0.1, 0.15) is 13.3 Å². The van der Waals surface area contributed by atoms with Gasteiger partial charge in [-0.15, -0.1) is 0 Å². The molecule has 0 saturated carbocycles. The number of hydrogen-bond donors (Lipinski definition) is 1. The average molecular weight is 188 g/mol. The number of nitriles is 1. The third-order valence-electron chi connectivity index (χ3n) is 1.46. The fraction of sp³-hybridized carbons (Fsp3) is 0.875. The smallest absolute Gasteiger partial charge is 0.0666 e. The SMILES string of the molecule is CC(C#N)CNCCCS(C)=O. The van der Waals surface area contributed by atoms with Crippen LogP contribution < -0.4 is 5.32 Å². The lowest BCUT2D eigenvalue weighted by molar-refractivity contribution is 0.596. The van der Waals surface area contributed by atoms with Crippen LogP contribution in [0.15, 0.2) is 0 Å². The third-order valence-corrected chi connectivity index (χ3v) is 2.32. The highest BCUT2D eigenvalue weighted by atomic mass is 32.2. The molecule has 0 aliphatic heterocycles. The van der Waals surface area contributed by atoms with Gasteiger partial charge in [-0.05, 0) is 19.9 Å². The van der Waals surface area contributed by atoms with Gasteiger partial charge in [0.05, 0.1) is 12.0 Å². The largest absolute Gasteiger partial charge is 0.315 e. The van der Waals surface area contributed by atoms with Crippen LogP contribution in [0, 0.1) is 17.2 Å². The summed E-state index contributed by atoms with van der Waals surface area (Å²) >= 11 is 0. The van der Waals surface area contributed by atoms with Crippen molar-refractivity contribution in [3.63, 3.8) is 0 Å². The minimum atomic E-state index is -0.687. The van der Waals surface area contributed by atoms with Gasteiger partial charge in [0, 0.05) is 29.4 Å². The van der Waals surface area contributed by atoms with Gasteiger partial charge in [-0.2, -0.15) is 5.26 Å². The first-order valence-electron chi connectivity index (χ1n) is 4.07. The van der Waals surface area contributed by atoms with Gasteiger partial charge < -0.3 is 5.32 Å². The van der Waals surface area contributed by atoms with Crippen molar-refractivity contribution >= 4 is 10.8 Å². The Kier molecular flexibility index (Phi) is 7.02. The van der Waals surface area contributed by atoms with Crippen molar-refractivity contribution in [2.24, 2.45) is 5.92 Å². The van der Waals surface area contributed by atoms with Gasteiger partial charge in [0.1, 0.15) is 0 Å². The number of rotatable bonds is 6. The first-order chi connectivity index (χ1) is 5.66. The summed E-state index contributed by atoms with van der Waals surface area (Å²) in [6.45, 7) is 3.46. The van der Waals surface area contributed by atoms with E-state index >= 15 is 0 Å². The van der Waals surface area contributed by atoms with Crippen molar-refractivity contribution in [1.29, 1.82) is 5.26 Å². The number of nitrogens with one attached hydrogen (secondary N) is 1. The quantitative estimate of drug-likeness (QED) is 0.618. The van der Waals surface area contributed by atoms with E-state index in [4.69, 9.17) is 5.26 Å². The van der Waals surface area contributed by atoms with Gasteiger partial charge in [-0.25, -0.2) is 0 Å². The highest BCUT2D eigenvalue weighted by Crippen LogP contribution is 1.88. The van der Waals surface area contributed by atoms with Crippen LogP contribution in [0.25, 0.3) is 0 Å². The molecule has 0 aromatic rings. The molecule has 0 aromatic carbocycles. The maximum absolute atomic E-state index is 10.6. The molecule has 2 atom stereocenters. The van der Waals surface area contributed by atoms with Crippen molar-refractivity contribution in [2.75, 3.05) is 25.1 Å². The second kappa shape index (κ2) is 7.26. The molecule has 0 saturated heterocycles. The van der Waals surface area contributed by atoms with Gasteiger partial charge in [-0.3, -0.25) is 4.21 Å². The fourth-order valence-corrected chi connectivity index (χ4v) is 1.32. The lowest BCUT2D eigenvalue weighted by Crippen LogP contribution is -2.22. The van der Waals surface area contributed by atoms with Crippen LogP contribution in [0.2, 0.25) is 0 Å². The summed E-state index contributed by atoms with van der Waals surface area (Å²) in [5, 5.41) is 11.6. The van der Waals surface area contributed by atoms with E-state index in [1.165, 1.54) is 0 Å². The molecule has 0 fully saturated rings. The monoisotopic (exact) mass is 188 g/mol. The summed E-state index contributed by atoms with van der Waals surface area (Å²) in [6, 6.07) is 2.14. The Bertz CT molecular complexity index is 176. The van der Waals surface area contributed by atoms with Crippen LogP contribution in [-0.2, 0) is 10.8 Å². The molecule has 0 aliphatic carbocycles. The number of nitrogens with zero attached hydrogens (tertiary/aromatic N) is 1. The number of hydrogen-bond acceptors (Lipinski definition) is 3. The zero-order valence-electron chi connectivity index (χ0n) is 7.67. The van der Waals surface area contributed by atoms with Crippen molar-refractivity contribution < 1.29 is 4.21 Å². The van der Waals surface area contributed by atoms with Gasteiger partial charge in [0.15, 0.2) is 0 Å². The second-order valence-electron chi connectivity index (χ2n) is 2.87. The summed E-state index contributed by atoms with van der Waals surface area (Å²) in [6.07, 6.45) is 2.62. The Labute approximate surface area is 76.6 Å². The lowest BCUT2D eigenvalue weighted by atomic mass is 10.2. The van der Waals surface area contributed by atoms with Crippen LogP contribution in [0.4, 0.5) is 0 Å². The summed E-state index contributed by atoms with van der Waals surface area (Å²) in [5.74, 6) is 0.811. The minimum absolute atomic E-state index is 0.0668. The van der Waals surface area contributed by atoms with Crippen molar-refractivity contribution in [3.8, 4) is 6.07 Å². The average Bonchev–Trinajstić information content (AvgIpc) is 2.03. The first kappa shape index (κ1) is 11.6. The molecule has 4 heteroatoms. The summed E-state index contributed by atoms with van der Waals surface area (Å²) in [7, 11) is -0.687. The van der Waals surface area contributed by atoms with Crippen LogP contribution in [0.3, 0.4) is 0 Å². The Balaban J connectivity index is 3.12. The Morgan fingerprint density at radius 3 is 2.83 bits per heavy atom. The highest BCUT2D eigenvalue weighted by Gasteiger charge is 1.97. The molecule has 0 bridgehead atoms. The normalized spacial score (nSPS) is 15.1. The molecule has 1 N–H and O–H groups in total. The van der Waals surface area contributed by atoms with Crippen molar-refractivity contribution in [3.05, 3.63) is 0 Å². The minimum Gasteiger partial charge on any atom is -0.315 e. The zero-order valence-corrected chi connectivity index (χ0v) is 8.49. The summed E-state index contributed by atoms with van der Waals surface area (Å²) in [4.78, 5) is 0. The van der Waals surface area contributed by atoms with E-state index < -0.39 is 10.8 Å². The maximum Gasteiger partial charge on any atom is 0.0666 e. The van der Waals surface area contributed by atoms with E-state index in [0.717, 1.165) is 25.3 Å². The van der Waals surface area contributed by atoms with Gasteiger partial charge in [0.2, 0.25) is 0 Å². The molecule has 0 amide bonds. The molecule has 0 heterocycles. The predicted molar refractivity (Wildman–Crippen MR) is 51.2 cm³/mol. The molecular formula is C8H16N2OS. The van der Waals surface area contributed by atoms with E-state index in [0.29, 0.717) is 0 Å². The third kappa shape index (κ3) is 7.70. The molecule has 0 aromatic heterocycles. The molecule has 0 aliphatic rings. The summed E-state index contributed by atoms with van der Waals surface area (Å²) in [5.41, 5.74) is 0. The zero-order chi connectivity index (χ0) is 9.40. The topological polar surface area (TPSA) is 52.9 Å². The molecule has 0 rings (SSSR count). The van der Waals surface area contributed by atoms with E-state index in [9.17, 15) is 4.21 Å². The Morgan fingerprint density at radius 2 is 2.33 bits per heavy atom. The van der Waals surface area contributed by atoms with E-state index in [2.05, 4.69) is 11.4 Å². The van der Waals surface area contributed by atoms with Crippen LogP contribution >= 0.6 is 0 Å². The Morgan fingerprint density at radius 1 is 1.67 bits per heavy atom. The Hall–Kier alpha value is -0.400. The summed E-state index contributed by atoms with van der Waals surface area (Å²) < 4.78 is 10.6. The molecule has 12 heavy (non-hydrogen) atoms. The molecule has 0 spiro atoms. The lowest BCUT2D eigenvalue weighted by Gasteiger charge is -2.04. The van der Waals surface area contributed by atoms with E-state index in [1.807, 2.05) is 6.92 Å². The second-order valence-corrected chi connectivity index (χ2v) is 4.42. The van der Waals surface area contributed by atoms with Crippen molar-refractivity contribution in [2.45, 2.75) is 13.3 Å². The molecule has 0 radical (unpaired) electrons. The van der Waals surface area contributed by atoms with Gasteiger partial charge >= 0.3 is 0 Å². The van der Waals surface area contributed by atoms with Crippen molar-refractivity contribution in [1.82, 2.24) is 5.32 Å². The molecule has 3 nitrogen and oxygen atoms in total. The predicted octanol–water partition coefficient (Wildman–Crippen LogP) is 0.504. The fourth-order valence-electron chi connectivity index (χ4n) is 0.765. The van der Waals surface area contributed by atoms with Crippen LogP contribution in [0.5, 0.6) is 0 Å².